The van der Waals surface area contributed by atoms with Gasteiger partial charge < -0.3 is 19.5 Å². The van der Waals surface area contributed by atoms with Crippen LogP contribution in [0.15, 0.2) is 48.5 Å². The molecule has 3 rings (SSSR count). The summed E-state index contributed by atoms with van der Waals surface area (Å²) in [6, 6.07) is 16.4. The molecule has 33 heavy (non-hydrogen) atoms. The summed E-state index contributed by atoms with van der Waals surface area (Å²) in [6.45, 7) is 1.28. The van der Waals surface area contributed by atoms with Crippen LogP contribution >= 0.6 is 11.3 Å². The zero-order valence-electron chi connectivity index (χ0n) is 18.1. The van der Waals surface area contributed by atoms with E-state index in [1.807, 2.05) is 24.3 Å². The smallest absolute Gasteiger partial charge is 0.348 e. The fraction of sp³-hybridized carbons (Fsp3) is 0.167. The first kappa shape index (κ1) is 23.5. The number of rotatable bonds is 7. The van der Waals surface area contributed by atoms with Crippen molar-refractivity contribution in [1.82, 2.24) is 0 Å². The van der Waals surface area contributed by atoms with Crippen LogP contribution < -0.4 is 10.1 Å². The number of amides is 1. The van der Waals surface area contributed by atoms with E-state index in [4.69, 9.17) is 19.5 Å². The number of nitrogens with zero attached hydrogens (tertiary/aromatic N) is 1. The number of anilines is 1. The molecule has 1 amide bonds. The molecule has 1 heterocycles. The zero-order chi connectivity index (χ0) is 24.0. The number of carbonyl (C=O) groups excluding carboxylic acids is 3. The van der Waals surface area contributed by atoms with E-state index >= 15 is 0 Å². The number of nitrogens with one attached hydrogen (secondary N) is 1. The molecule has 0 atom stereocenters. The summed E-state index contributed by atoms with van der Waals surface area (Å²) in [4.78, 5) is 36.7. The number of carbonyl (C=O) groups is 3. The lowest BCUT2D eigenvalue weighted by Crippen LogP contribution is -2.21. The number of hydrogen-bond donors (Lipinski definition) is 1. The van der Waals surface area contributed by atoms with Crippen molar-refractivity contribution in [2.24, 2.45) is 0 Å². The van der Waals surface area contributed by atoms with E-state index in [2.05, 4.69) is 11.4 Å². The highest BCUT2D eigenvalue weighted by Crippen LogP contribution is 2.34. The van der Waals surface area contributed by atoms with Gasteiger partial charge in [-0.15, -0.1) is 11.3 Å². The van der Waals surface area contributed by atoms with Crippen LogP contribution in [0.2, 0.25) is 0 Å². The number of thiophene rings is 1. The molecule has 1 aromatic heterocycles. The molecule has 0 aliphatic heterocycles. The lowest BCUT2D eigenvalue weighted by molar-refractivity contribution is -0.118. The fourth-order valence-corrected chi connectivity index (χ4v) is 4.16. The maximum Gasteiger partial charge on any atom is 0.348 e. The van der Waals surface area contributed by atoms with Crippen molar-refractivity contribution in [3.63, 3.8) is 0 Å². The number of benzene rings is 2. The van der Waals surface area contributed by atoms with E-state index in [0.717, 1.165) is 22.5 Å². The Labute approximate surface area is 194 Å². The Morgan fingerprint density at radius 1 is 0.939 bits per heavy atom. The highest BCUT2D eigenvalue weighted by molar-refractivity contribution is 7.18. The average Bonchev–Trinajstić information content (AvgIpc) is 3.17. The SMILES string of the molecule is COC(=O)c1sc(NC(=O)COc2ccc(-c3ccc(C#N)cc3)cc2)c(C(=O)OC)c1C. The van der Waals surface area contributed by atoms with Crippen LogP contribution in [-0.4, -0.2) is 38.7 Å². The molecule has 0 radical (unpaired) electrons. The first-order valence-corrected chi connectivity index (χ1v) is 10.5. The Balaban J connectivity index is 1.67. The topological polar surface area (TPSA) is 115 Å². The second-order valence-electron chi connectivity index (χ2n) is 6.79. The molecule has 2 aromatic carbocycles. The molecule has 0 bridgehead atoms. The number of nitriles is 1. The van der Waals surface area contributed by atoms with Crippen molar-refractivity contribution in [3.05, 3.63) is 70.1 Å². The monoisotopic (exact) mass is 464 g/mol. The molecule has 0 aliphatic rings. The number of esters is 2. The third kappa shape index (κ3) is 5.37. The predicted molar refractivity (Wildman–Crippen MR) is 122 cm³/mol. The van der Waals surface area contributed by atoms with Gasteiger partial charge in [-0.1, -0.05) is 24.3 Å². The molecule has 0 saturated carbocycles. The maximum atomic E-state index is 12.4. The van der Waals surface area contributed by atoms with Crippen molar-refractivity contribution in [3.8, 4) is 22.9 Å². The third-order valence-electron chi connectivity index (χ3n) is 4.73. The summed E-state index contributed by atoms with van der Waals surface area (Å²) in [6.07, 6.45) is 0. The third-order valence-corrected chi connectivity index (χ3v) is 5.92. The highest BCUT2D eigenvalue weighted by atomic mass is 32.1. The summed E-state index contributed by atoms with van der Waals surface area (Å²) in [5.74, 6) is -1.31. The van der Waals surface area contributed by atoms with Gasteiger partial charge in [0.05, 0.1) is 31.4 Å². The first-order valence-electron chi connectivity index (χ1n) is 9.71. The Morgan fingerprint density at radius 2 is 1.52 bits per heavy atom. The van der Waals surface area contributed by atoms with Crippen LogP contribution in [0.3, 0.4) is 0 Å². The second kappa shape index (κ2) is 10.4. The molecule has 1 N–H and O–H groups in total. The van der Waals surface area contributed by atoms with Gasteiger partial charge >= 0.3 is 11.9 Å². The molecule has 0 aliphatic carbocycles. The summed E-state index contributed by atoms with van der Waals surface area (Å²) in [7, 11) is 2.45. The predicted octanol–water partition coefficient (Wildman–Crippen LogP) is 4.19. The van der Waals surface area contributed by atoms with Gasteiger partial charge in [-0.05, 0) is 47.9 Å². The van der Waals surface area contributed by atoms with Crippen LogP contribution in [0, 0.1) is 18.3 Å². The fourth-order valence-electron chi connectivity index (χ4n) is 3.03. The molecule has 9 heteroatoms. The van der Waals surface area contributed by atoms with E-state index in [1.165, 1.54) is 14.2 Å². The quantitative estimate of drug-likeness (QED) is 0.522. The van der Waals surface area contributed by atoms with Gasteiger partial charge in [0, 0.05) is 0 Å². The van der Waals surface area contributed by atoms with Crippen molar-refractivity contribution < 1.29 is 28.6 Å². The highest BCUT2D eigenvalue weighted by Gasteiger charge is 2.26. The summed E-state index contributed by atoms with van der Waals surface area (Å²) in [5, 5.41) is 11.7. The summed E-state index contributed by atoms with van der Waals surface area (Å²) >= 11 is 0.932. The lowest BCUT2D eigenvalue weighted by atomic mass is 10.0. The van der Waals surface area contributed by atoms with Gasteiger partial charge in [-0.3, -0.25) is 4.79 Å². The van der Waals surface area contributed by atoms with Crippen LogP contribution in [0.4, 0.5) is 5.00 Å². The average molecular weight is 464 g/mol. The Hall–Kier alpha value is -4.16. The summed E-state index contributed by atoms with van der Waals surface area (Å²) in [5.41, 5.74) is 2.93. The standard InChI is InChI=1S/C24H20N2O6S/c1-14-20(23(28)30-2)22(33-21(14)24(29)31-3)26-19(27)13-32-18-10-8-17(9-11-18)16-6-4-15(12-25)5-7-16/h4-11H,13H2,1-3H3,(H,26,27). The minimum Gasteiger partial charge on any atom is -0.484 e. The Morgan fingerprint density at radius 3 is 2.06 bits per heavy atom. The number of methoxy groups -OCH3 is 2. The molecule has 3 aromatic rings. The number of ether oxygens (including phenoxy) is 3. The van der Waals surface area contributed by atoms with Gasteiger partial charge in [-0.25, -0.2) is 9.59 Å². The van der Waals surface area contributed by atoms with Crippen LogP contribution in [-0.2, 0) is 14.3 Å². The molecular formula is C24H20N2O6S. The molecule has 0 fully saturated rings. The van der Waals surface area contributed by atoms with Gasteiger partial charge in [0.2, 0.25) is 0 Å². The van der Waals surface area contributed by atoms with Crippen molar-refractivity contribution >= 4 is 34.2 Å². The van der Waals surface area contributed by atoms with E-state index < -0.39 is 17.8 Å². The lowest BCUT2D eigenvalue weighted by Gasteiger charge is -2.09. The molecule has 168 valence electrons. The van der Waals surface area contributed by atoms with E-state index in [-0.39, 0.29) is 22.0 Å². The van der Waals surface area contributed by atoms with Gasteiger partial charge in [0.15, 0.2) is 6.61 Å². The minimum atomic E-state index is -0.673. The molecule has 0 spiro atoms. The number of hydrogen-bond acceptors (Lipinski definition) is 8. The van der Waals surface area contributed by atoms with E-state index in [1.54, 1.807) is 31.2 Å². The Kier molecular flexibility index (Phi) is 7.43. The zero-order valence-corrected chi connectivity index (χ0v) is 18.9. The molecular weight excluding hydrogens is 444 g/mol. The van der Waals surface area contributed by atoms with Gasteiger partial charge in [-0.2, -0.15) is 5.26 Å². The minimum absolute atomic E-state index is 0.100. The largest absolute Gasteiger partial charge is 0.484 e. The van der Waals surface area contributed by atoms with Crippen LogP contribution in [0.5, 0.6) is 5.75 Å². The second-order valence-corrected chi connectivity index (χ2v) is 7.81. The van der Waals surface area contributed by atoms with Gasteiger partial charge in [0.1, 0.15) is 15.6 Å². The molecule has 8 nitrogen and oxygen atoms in total. The van der Waals surface area contributed by atoms with Gasteiger partial charge in [0.25, 0.3) is 5.91 Å². The first-order chi connectivity index (χ1) is 15.9. The van der Waals surface area contributed by atoms with E-state index in [0.29, 0.717) is 16.9 Å². The Bertz CT molecular complexity index is 1220. The summed E-state index contributed by atoms with van der Waals surface area (Å²) < 4.78 is 15.0. The van der Waals surface area contributed by atoms with Crippen molar-refractivity contribution in [2.45, 2.75) is 6.92 Å². The van der Waals surface area contributed by atoms with E-state index in [9.17, 15) is 14.4 Å². The van der Waals surface area contributed by atoms with Crippen molar-refractivity contribution in [2.75, 3.05) is 26.1 Å². The maximum absolute atomic E-state index is 12.4. The van der Waals surface area contributed by atoms with Crippen LogP contribution in [0.25, 0.3) is 11.1 Å². The molecule has 0 unspecified atom stereocenters. The van der Waals surface area contributed by atoms with Crippen LogP contribution in [0.1, 0.15) is 31.2 Å². The van der Waals surface area contributed by atoms with Crippen molar-refractivity contribution in [1.29, 1.82) is 5.26 Å². The molecule has 0 saturated heterocycles. The normalized spacial score (nSPS) is 10.1.